The number of carbonyl (C=O) groups is 3. The fourth-order valence-electron chi connectivity index (χ4n) is 3.97. The average Bonchev–Trinajstić information content (AvgIpc) is 3.38. The minimum absolute atomic E-state index is 0.0519. The summed E-state index contributed by atoms with van der Waals surface area (Å²) in [6, 6.07) is 2.25. The lowest BCUT2D eigenvalue weighted by Crippen LogP contribution is -2.43. The number of anilines is 1. The highest BCUT2D eigenvalue weighted by molar-refractivity contribution is 7.11. The van der Waals surface area contributed by atoms with Gasteiger partial charge in [0.2, 0.25) is 17.6 Å². The normalized spacial score (nSPS) is 14.6. The molecule has 0 aliphatic carbocycles. The van der Waals surface area contributed by atoms with Crippen molar-refractivity contribution in [2.45, 2.75) is 44.7 Å². The molecule has 2 aromatic rings. The molecule has 0 bridgehead atoms. The number of hydrogen-bond acceptors (Lipinski definition) is 8. The quantitative estimate of drug-likeness (QED) is 0.113. The predicted octanol–water partition coefficient (Wildman–Crippen LogP) is 0.0543. The number of amides is 2. The van der Waals surface area contributed by atoms with Crippen LogP contribution in [0.25, 0.3) is 0 Å². The molecule has 13 heteroatoms. The molecule has 7 N–H and O–H groups in total. The zero-order valence-corrected chi connectivity index (χ0v) is 20.8. The number of piperidine rings is 1. The maximum absolute atomic E-state index is 12.9. The Bertz CT molecular complexity index is 1120. The third-order valence-corrected chi connectivity index (χ3v) is 6.57. The largest absolute Gasteiger partial charge is 0.370 e. The highest BCUT2D eigenvalue weighted by Gasteiger charge is 2.24. The minimum Gasteiger partial charge on any atom is -0.370 e. The van der Waals surface area contributed by atoms with Gasteiger partial charge in [-0.15, -0.1) is 11.3 Å². The molecule has 194 valence electrons. The summed E-state index contributed by atoms with van der Waals surface area (Å²) < 4.78 is 1.19. The van der Waals surface area contributed by atoms with Crippen molar-refractivity contribution in [2.24, 2.45) is 22.4 Å². The number of hydrogen-bond donors (Lipinski definition) is 5. The number of aromatic nitrogens is 2. The smallest absolute Gasteiger partial charge is 0.274 e. The lowest BCUT2D eigenvalue weighted by Gasteiger charge is -2.21. The summed E-state index contributed by atoms with van der Waals surface area (Å²) in [5.41, 5.74) is 10.3. The van der Waals surface area contributed by atoms with Gasteiger partial charge in [-0.3, -0.25) is 24.2 Å². The van der Waals surface area contributed by atoms with E-state index in [0.717, 1.165) is 25.9 Å². The number of rotatable bonds is 12. The second-order valence-electron chi connectivity index (χ2n) is 8.57. The molecule has 0 unspecified atom stereocenters. The Morgan fingerprint density at radius 3 is 2.72 bits per heavy atom. The van der Waals surface area contributed by atoms with Gasteiger partial charge in [-0.25, -0.2) is 4.98 Å². The second kappa shape index (κ2) is 13.5. The number of guanidine groups is 1. The molecule has 3 heterocycles. The van der Waals surface area contributed by atoms with Crippen LogP contribution >= 0.6 is 11.3 Å². The van der Waals surface area contributed by atoms with Crippen LogP contribution in [0.4, 0.5) is 5.69 Å². The summed E-state index contributed by atoms with van der Waals surface area (Å²) >= 11 is 1.18. The van der Waals surface area contributed by atoms with Gasteiger partial charge in [0, 0.05) is 30.7 Å². The van der Waals surface area contributed by atoms with Crippen molar-refractivity contribution in [3.63, 3.8) is 0 Å². The SMILES string of the molecule is NC(N)=NCCC[C@H](NC(=O)Cn1cccc(NC(=O)CC2CCNCC2)c1=O)C(=O)c1nccs1. The van der Waals surface area contributed by atoms with E-state index in [4.69, 9.17) is 11.5 Å². The van der Waals surface area contributed by atoms with Crippen molar-refractivity contribution in [3.05, 3.63) is 45.3 Å². The molecule has 0 radical (unpaired) electrons. The second-order valence-corrected chi connectivity index (χ2v) is 9.47. The van der Waals surface area contributed by atoms with Crippen LogP contribution in [0.3, 0.4) is 0 Å². The highest BCUT2D eigenvalue weighted by atomic mass is 32.1. The highest BCUT2D eigenvalue weighted by Crippen LogP contribution is 2.16. The third-order valence-electron chi connectivity index (χ3n) is 5.78. The summed E-state index contributed by atoms with van der Waals surface area (Å²) in [5, 5.41) is 10.6. The summed E-state index contributed by atoms with van der Waals surface area (Å²) in [5.74, 6) is -0.844. The van der Waals surface area contributed by atoms with E-state index in [-0.39, 0.29) is 40.8 Å². The van der Waals surface area contributed by atoms with E-state index in [0.29, 0.717) is 25.8 Å². The molecule has 36 heavy (non-hydrogen) atoms. The molecule has 1 aliphatic heterocycles. The summed E-state index contributed by atoms with van der Waals surface area (Å²) in [6.45, 7) is 1.75. The van der Waals surface area contributed by atoms with Crippen LogP contribution in [0.1, 0.15) is 41.9 Å². The monoisotopic (exact) mass is 516 g/mol. The van der Waals surface area contributed by atoms with Gasteiger partial charge in [0.1, 0.15) is 12.2 Å². The van der Waals surface area contributed by atoms with Crippen molar-refractivity contribution in [1.82, 2.24) is 20.2 Å². The number of pyridine rings is 1. The zero-order valence-electron chi connectivity index (χ0n) is 19.9. The van der Waals surface area contributed by atoms with Gasteiger partial charge < -0.3 is 32.0 Å². The Morgan fingerprint density at radius 1 is 1.25 bits per heavy atom. The lowest BCUT2D eigenvalue weighted by molar-refractivity contribution is -0.122. The first-order valence-corrected chi connectivity index (χ1v) is 12.7. The van der Waals surface area contributed by atoms with Crippen LogP contribution < -0.4 is 33.0 Å². The van der Waals surface area contributed by atoms with Crippen molar-refractivity contribution in [1.29, 1.82) is 0 Å². The number of carbonyl (C=O) groups excluding carboxylic acids is 3. The van der Waals surface area contributed by atoms with Crippen LogP contribution in [-0.4, -0.2) is 58.8 Å². The Morgan fingerprint density at radius 2 is 2.03 bits per heavy atom. The maximum atomic E-state index is 12.9. The van der Waals surface area contributed by atoms with Crippen LogP contribution in [0.2, 0.25) is 0 Å². The predicted molar refractivity (Wildman–Crippen MR) is 138 cm³/mol. The molecule has 12 nitrogen and oxygen atoms in total. The van der Waals surface area contributed by atoms with E-state index in [2.05, 4.69) is 25.9 Å². The topological polar surface area (TPSA) is 187 Å². The molecule has 1 atom stereocenters. The number of thiazole rings is 1. The van der Waals surface area contributed by atoms with Gasteiger partial charge in [0.25, 0.3) is 5.56 Å². The van der Waals surface area contributed by atoms with E-state index in [1.807, 2.05) is 0 Å². The fraction of sp³-hybridized carbons (Fsp3) is 0.478. The Kier molecular flexibility index (Phi) is 10.1. The molecular weight excluding hydrogens is 484 g/mol. The Balaban J connectivity index is 1.62. The maximum Gasteiger partial charge on any atom is 0.274 e. The summed E-state index contributed by atoms with van der Waals surface area (Å²) in [4.78, 5) is 58.9. The number of Topliss-reactive ketones (excluding diaryl/α,β-unsaturated/α-hetero) is 1. The molecule has 0 spiro atoms. The minimum atomic E-state index is -0.846. The van der Waals surface area contributed by atoms with Crippen LogP contribution in [0.5, 0.6) is 0 Å². The van der Waals surface area contributed by atoms with Crippen LogP contribution in [0.15, 0.2) is 39.7 Å². The summed E-state index contributed by atoms with van der Waals surface area (Å²) in [7, 11) is 0. The fourth-order valence-corrected chi connectivity index (χ4v) is 4.60. The van der Waals surface area contributed by atoms with Crippen molar-refractivity contribution in [2.75, 3.05) is 25.0 Å². The van der Waals surface area contributed by atoms with E-state index in [1.165, 1.54) is 34.4 Å². The molecule has 0 saturated carbocycles. The van der Waals surface area contributed by atoms with Crippen LogP contribution in [-0.2, 0) is 16.1 Å². The molecule has 2 aromatic heterocycles. The number of ketones is 1. The lowest BCUT2D eigenvalue weighted by atomic mass is 9.94. The zero-order chi connectivity index (χ0) is 25.9. The summed E-state index contributed by atoms with van der Waals surface area (Å²) in [6.07, 6.45) is 5.90. The molecule has 3 rings (SSSR count). The Hall–Kier alpha value is -3.58. The number of nitrogens with two attached hydrogens (primary N) is 2. The standard InChI is InChI=1S/C23H32N8O4S/c24-23(25)28-7-1-3-16(20(34)21-27-10-12-36-21)29-19(33)14-31-11-2-4-17(22(31)35)30-18(32)13-15-5-8-26-9-6-15/h2,4,10-12,15-16,26H,1,3,5-9,13-14H2,(H,29,33)(H,30,32)(H4,24,25,28)/t16-/m0/s1. The van der Waals surface area contributed by atoms with Crippen LogP contribution in [0, 0.1) is 5.92 Å². The molecule has 1 saturated heterocycles. The number of nitrogens with zero attached hydrogens (tertiary/aromatic N) is 3. The molecule has 1 fully saturated rings. The van der Waals surface area contributed by atoms with Crippen molar-refractivity contribution >= 4 is 40.6 Å². The molecule has 1 aliphatic rings. The number of nitrogens with one attached hydrogen (secondary N) is 3. The first-order valence-electron chi connectivity index (χ1n) is 11.8. The Labute approximate surface area is 212 Å². The van der Waals surface area contributed by atoms with Gasteiger partial charge in [0.05, 0.1) is 6.04 Å². The third kappa shape index (κ3) is 8.27. The molecule has 0 aromatic carbocycles. The van der Waals surface area contributed by atoms with Gasteiger partial charge in [0.15, 0.2) is 11.0 Å². The van der Waals surface area contributed by atoms with Crippen molar-refractivity contribution < 1.29 is 14.4 Å². The van der Waals surface area contributed by atoms with E-state index >= 15 is 0 Å². The first-order chi connectivity index (χ1) is 17.3. The van der Waals surface area contributed by atoms with E-state index in [9.17, 15) is 19.2 Å². The van der Waals surface area contributed by atoms with Crippen molar-refractivity contribution in [3.8, 4) is 0 Å². The average molecular weight is 517 g/mol. The van der Waals surface area contributed by atoms with Gasteiger partial charge in [-0.1, -0.05) is 0 Å². The van der Waals surface area contributed by atoms with E-state index < -0.39 is 17.5 Å². The number of aliphatic imine (C=N–C) groups is 1. The van der Waals surface area contributed by atoms with Gasteiger partial charge in [-0.2, -0.15) is 0 Å². The first kappa shape index (κ1) is 27.0. The molecular formula is C23H32N8O4S. The van der Waals surface area contributed by atoms with E-state index in [1.54, 1.807) is 11.4 Å². The van der Waals surface area contributed by atoms with Gasteiger partial charge in [-0.05, 0) is 56.8 Å². The van der Waals surface area contributed by atoms with Gasteiger partial charge >= 0.3 is 0 Å². The molecule has 2 amide bonds.